The summed E-state index contributed by atoms with van der Waals surface area (Å²) in [5.41, 5.74) is 6.23. The van der Waals surface area contributed by atoms with Gasteiger partial charge in [0, 0.05) is 0 Å². The molecule has 0 bridgehead atoms. The number of anilines is 2. The molecule has 3 rings (SSSR count). The highest BCUT2D eigenvalue weighted by atomic mass is 16.5. The third kappa shape index (κ3) is 5.17. The molecule has 0 aliphatic heterocycles. The Morgan fingerprint density at radius 2 is 1.74 bits per heavy atom. The molecule has 0 spiro atoms. The first-order valence-electron chi connectivity index (χ1n) is 10.4. The molecule has 3 N–H and O–H groups in total. The molecule has 0 radical (unpaired) electrons. The number of hydrogen-bond acceptors (Lipinski definition) is 8. The summed E-state index contributed by atoms with van der Waals surface area (Å²) in [5, 5.41) is 2.96. The summed E-state index contributed by atoms with van der Waals surface area (Å²) in [6.07, 6.45) is 0. The van der Waals surface area contributed by atoms with E-state index in [1.165, 1.54) is 7.11 Å². The third-order valence-corrected chi connectivity index (χ3v) is 5.24. The summed E-state index contributed by atoms with van der Waals surface area (Å²) in [5.74, 6) is -1.21. The van der Waals surface area contributed by atoms with Crippen molar-refractivity contribution in [1.82, 2.24) is 9.13 Å². The number of esters is 1. The van der Waals surface area contributed by atoms with E-state index in [2.05, 4.69) is 10.1 Å². The van der Waals surface area contributed by atoms with Crippen LogP contribution in [0.25, 0.3) is 0 Å². The Bertz CT molecular complexity index is 1330. The van der Waals surface area contributed by atoms with Crippen LogP contribution in [0.15, 0.2) is 58.1 Å². The Morgan fingerprint density at radius 3 is 2.38 bits per heavy atom. The topological polar surface area (TPSA) is 135 Å². The smallest absolute Gasteiger partial charge is 0.333 e. The molecule has 0 aliphatic rings. The van der Waals surface area contributed by atoms with Gasteiger partial charge < -0.3 is 20.5 Å². The molecule has 2 aromatic carbocycles. The van der Waals surface area contributed by atoms with E-state index in [9.17, 15) is 19.2 Å². The number of carbonyl (C=O) groups excluding carboxylic acids is 2. The van der Waals surface area contributed by atoms with Gasteiger partial charge in [-0.15, -0.1) is 0 Å². The molecule has 0 saturated carbocycles. The van der Waals surface area contributed by atoms with Crippen LogP contribution >= 0.6 is 0 Å². The molecular formula is C24H26N4O6. The Hall–Kier alpha value is -4.34. The van der Waals surface area contributed by atoms with E-state index in [4.69, 9.17) is 10.5 Å². The van der Waals surface area contributed by atoms with Gasteiger partial charge in [0.05, 0.1) is 33.0 Å². The molecule has 3 aromatic rings. The van der Waals surface area contributed by atoms with Gasteiger partial charge in [-0.1, -0.05) is 36.4 Å². The lowest BCUT2D eigenvalue weighted by Gasteiger charge is -2.17. The Kier molecular flexibility index (Phi) is 7.52. The van der Waals surface area contributed by atoms with Crippen molar-refractivity contribution in [3.05, 3.63) is 86.1 Å². The van der Waals surface area contributed by atoms with Crippen LogP contribution in [-0.4, -0.2) is 41.7 Å². The normalized spacial score (nSPS) is 10.6. The van der Waals surface area contributed by atoms with Crippen LogP contribution in [0.1, 0.15) is 21.5 Å². The maximum Gasteiger partial charge on any atom is 0.333 e. The van der Waals surface area contributed by atoms with Gasteiger partial charge >= 0.3 is 11.7 Å². The predicted octanol–water partition coefficient (Wildman–Crippen LogP) is 1.43. The third-order valence-electron chi connectivity index (χ3n) is 5.24. The number of nitrogens with two attached hydrogens (primary N) is 1. The average molecular weight is 466 g/mol. The van der Waals surface area contributed by atoms with Gasteiger partial charge in [-0.05, 0) is 30.2 Å². The number of Topliss-reactive ketones (excluding diaryl/α,β-unsaturated/α-hetero) is 1. The number of hydrogen-bond donors (Lipinski definition) is 2. The first kappa shape index (κ1) is 24.3. The summed E-state index contributed by atoms with van der Waals surface area (Å²) >= 11 is 0. The molecule has 1 aromatic heterocycles. The van der Waals surface area contributed by atoms with Crippen LogP contribution in [0.4, 0.5) is 11.5 Å². The number of ether oxygens (including phenoxy) is 2. The molecule has 178 valence electrons. The van der Waals surface area contributed by atoms with Crippen molar-refractivity contribution in [2.45, 2.75) is 20.0 Å². The Labute approximate surface area is 195 Å². The van der Waals surface area contributed by atoms with Gasteiger partial charge in [0.2, 0.25) is 0 Å². The van der Waals surface area contributed by atoms with Gasteiger partial charge in [-0.2, -0.15) is 0 Å². The number of nitrogens with zero attached hydrogens (tertiary/aromatic N) is 2. The van der Waals surface area contributed by atoms with E-state index in [1.54, 1.807) is 36.4 Å². The average Bonchev–Trinajstić information content (AvgIpc) is 2.83. The van der Waals surface area contributed by atoms with E-state index in [0.717, 1.165) is 22.8 Å². The van der Waals surface area contributed by atoms with Crippen molar-refractivity contribution in [1.29, 1.82) is 0 Å². The van der Waals surface area contributed by atoms with Gasteiger partial charge in [-0.25, -0.2) is 9.36 Å². The Balaban J connectivity index is 2.05. The van der Waals surface area contributed by atoms with Gasteiger partial charge in [0.15, 0.2) is 5.78 Å². The highest BCUT2D eigenvalue weighted by Crippen LogP contribution is 2.25. The van der Waals surface area contributed by atoms with Crippen LogP contribution in [-0.2, 0) is 22.6 Å². The highest BCUT2D eigenvalue weighted by Gasteiger charge is 2.24. The molecule has 0 amide bonds. The number of benzene rings is 2. The zero-order valence-corrected chi connectivity index (χ0v) is 19.2. The van der Waals surface area contributed by atoms with Crippen LogP contribution in [0, 0.1) is 6.92 Å². The minimum Gasteiger partial charge on any atom is -0.495 e. The molecule has 10 nitrogen and oxygen atoms in total. The van der Waals surface area contributed by atoms with Crippen LogP contribution in [0.5, 0.6) is 5.75 Å². The predicted molar refractivity (Wildman–Crippen MR) is 127 cm³/mol. The van der Waals surface area contributed by atoms with E-state index in [0.29, 0.717) is 16.0 Å². The molecule has 0 fully saturated rings. The minimum absolute atomic E-state index is 0.00632. The molecule has 0 atom stereocenters. The number of aromatic nitrogens is 2. The van der Waals surface area contributed by atoms with Crippen LogP contribution in [0.2, 0.25) is 0 Å². The largest absolute Gasteiger partial charge is 0.495 e. The maximum atomic E-state index is 13.1. The summed E-state index contributed by atoms with van der Waals surface area (Å²) in [6.45, 7) is 0.950. The Morgan fingerprint density at radius 1 is 1.03 bits per heavy atom. The van der Waals surface area contributed by atoms with Gasteiger partial charge in [-0.3, -0.25) is 19.0 Å². The van der Waals surface area contributed by atoms with Crippen molar-refractivity contribution in [2.24, 2.45) is 0 Å². The minimum atomic E-state index is -0.958. The summed E-state index contributed by atoms with van der Waals surface area (Å²) < 4.78 is 11.7. The number of carbonyl (C=O) groups is 2. The first-order valence-corrected chi connectivity index (χ1v) is 10.4. The molecule has 0 aliphatic carbocycles. The number of aryl methyl sites for hydroxylation is 1. The van der Waals surface area contributed by atoms with Crippen molar-refractivity contribution in [3.8, 4) is 5.75 Å². The lowest BCUT2D eigenvalue weighted by molar-refractivity contribution is -0.141. The van der Waals surface area contributed by atoms with E-state index in [1.807, 2.05) is 19.1 Å². The fourth-order valence-electron chi connectivity index (χ4n) is 3.45. The molecule has 10 heteroatoms. The lowest BCUT2D eigenvalue weighted by Crippen LogP contribution is -2.46. The number of nitrogens with one attached hydrogen (secondary N) is 1. The van der Waals surface area contributed by atoms with Crippen LogP contribution < -0.4 is 27.0 Å². The zero-order chi connectivity index (χ0) is 24.8. The van der Waals surface area contributed by atoms with Gasteiger partial charge in [0.25, 0.3) is 5.56 Å². The molecule has 0 saturated heterocycles. The summed E-state index contributed by atoms with van der Waals surface area (Å²) in [6, 6.07) is 14.3. The second-order valence-electron chi connectivity index (χ2n) is 7.56. The molecular weight excluding hydrogens is 440 g/mol. The summed E-state index contributed by atoms with van der Waals surface area (Å²) in [4.78, 5) is 51.1. The standard InChI is InChI=1S/C24H26N4O6/c1-15-9-10-19(33-2)17(11-15)26-12-18(29)21-22(25)27(13-16-7-5-4-6-8-16)24(32)28(23(21)31)14-20(30)34-3/h4-11,26H,12-14,25H2,1-3H3. The molecule has 0 unspecified atom stereocenters. The van der Waals surface area contributed by atoms with Crippen LogP contribution in [0.3, 0.4) is 0 Å². The van der Waals surface area contributed by atoms with E-state index < -0.39 is 35.1 Å². The highest BCUT2D eigenvalue weighted by molar-refractivity contribution is 6.02. The lowest BCUT2D eigenvalue weighted by atomic mass is 10.1. The van der Waals surface area contributed by atoms with Crippen molar-refractivity contribution in [3.63, 3.8) is 0 Å². The van der Waals surface area contributed by atoms with Crippen molar-refractivity contribution < 1.29 is 19.1 Å². The SMILES string of the molecule is COC(=O)Cn1c(=O)c(C(=O)CNc2cc(C)ccc2OC)c(N)n(Cc2ccccc2)c1=O. The monoisotopic (exact) mass is 466 g/mol. The number of ketones is 1. The van der Waals surface area contributed by atoms with Gasteiger partial charge in [0.1, 0.15) is 23.7 Å². The molecule has 1 heterocycles. The zero-order valence-electron chi connectivity index (χ0n) is 19.2. The van der Waals surface area contributed by atoms with Crippen molar-refractivity contribution in [2.75, 3.05) is 31.8 Å². The second kappa shape index (κ2) is 10.5. The molecule has 34 heavy (non-hydrogen) atoms. The van der Waals surface area contributed by atoms with E-state index in [-0.39, 0.29) is 18.9 Å². The van der Waals surface area contributed by atoms with Crippen molar-refractivity contribution >= 4 is 23.3 Å². The number of nitrogen functional groups attached to an aromatic ring is 1. The first-order chi connectivity index (χ1) is 16.3. The fraction of sp³-hybridized carbons (Fsp3) is 0.250. The number of methoxy groups -OCH3 is 2. The second-order valence-corrected chi connectivity index (χ2v) is 7.56. The maximum absolute atomic E-state index is 13.1. The quantitative estimate of drug-likeness (QED) is 0.357. The number of rotatable bonds is 9. The fourth-order valence-corrected chi connectivity index (χ4v) is 3.45. The summed E-state index contributed by atoms with van der Waals surface area (Å²) in [7, 11) is 2.64. The van der Waals surface area contributed by atoms with E-state index >= 15 is 0 Å².